The van der Waals surface area contributed by atoms with E-state index in [1.165, 1.54) is 0 Å². The Hall–Kier alpha value is -1.84. The number of piperidine rings is 1. The molecule has 0 aliphatic carbocycles. The second kappa shape index (κ2) is 9.45. The van der Waals surface area contributed by atoms with E-state index in [9.17, 15) is 9.59 Å². The van der Waals surface area contributed by atoms with Gasteiger partial charge in [0.15, 0.2) is 0 Å². The Morgan fingerprint density at radius 1 is 1.12 bits per heavy atom. The van der Waals surface area contributed by atoms with Gasteiger partial charge in [0.25, 0.3) is 5.91 Å². The van der Waals surface area contributed by atoms with Crippen molar-refractivity contribution in [2.45, 2.75) is 58.4 Å². The SMILES string of the molecule is CCC(CC)NC(=O)CCC1CCN(C(=O)c2ccccc2)CC1. The van der Waals surface area contributed by atoms with Crippen LogP contribution in [0.2, 0.25) is 0 Å². The Labute approximate surface area is 145 Å². The smallest absolute Gasteiger partial charge is 0.253 e. The highest BCUT2D eigenvalue weighted by atomic mass is 16.2. The van der Waals surface area contributed by atoms with Crippen molar-refractivity contribution in [2.24, 2.45) is 5.92 Å². The summed E-state index contributed by atoms with van der Waals surface area (Å²) < 4.78 is 0. The zero-order valence-electron chi connectivity index (χ0n) is 15.0. The maximum atomic E-state index is 12.4. The number of carbonyl (C=O) groups excluding carboxylic acids is 2. The number of likely N-dealkylation sites (tertiary alicyclic amines) is 1. The topological polar surface area (TPSA) is 49.4 Å². The summed E-state index contributed by atoms with van der Waals surface area (Å²) in [6.07, 6.45) is 5.51. The molecule has 1 aliphatic rings. The van der Waals surface area contributed by atoms with Crippen molar-refractivity contribution in [1.82, 2.24) is 10.2 Å². The maximum Gasteiger partial charge on any atom is 0.253 e. The number of nitrogens with one attached hydrogen (secondary N) is 1. The van der Waals surface area contributed by atoms with Gasteiger partial charge in [-0.15, -0.1) is 0 Å². The molecular formula is C20H30N2O2. The van der Waals surface area contributed by atoms with E-state index >= 15 is 0 Å². The van der Waals surface area contributed by atoms with Crippen LogP contribution in [0.4, 0.5) is 0 Å². The molecule has 1 fully saturated rings. The van der Waals surface area contributed by atoms with Gasteiger partial charge in [0.05, 0.1) is 0 Å². The van der Waals surface area contributed by atoms with Crippen molar-refractivity contribution < 1.29 is 9.59 Å². The molecule has 0 radical (unpaired) electrons. The van der Waals surface area contributed by atoms with Crippen LogP contribution in [-0.2, 0) is 4.79 Å². The van der Waals surface area contributed by atoms with E-state index in [0.29, 0.717) is 18.4 Å². The summed E-state index contributed by atoms with van der Waals surface area (Å²) in [5.41, 5.74) is 0.764. The van der Waals surface area contributed by atoms with Gasteiger partial charge in [-0.25, -0.2) is 0 Å². The quantitative estimate of drug-likeness (QED) is 0.830. The number of hydrogen-bond donors (Lipinski definition) is 1. The maximum absolute atomic E-state index is 12.4. The van der Waals surface area contributed by atoms with Crippen molar-refractivity contribution in [3.8, 4) is 0 Å². The van der Waals surface area contributed by atoms with Gasteiger partial charge >= 0.3 is 0 Å². The Morgan fingerprint density at radius 2 is 1.75 bits per heavy atom. The summed E-state index contributed by atoms with van der Waals surface area (Å²) in [5, 5.41) is 3.10. The zero-order chi connectivity index (χ0) is 17.4. The van der Waals surface area contributed by atoms with Crippen molar-refractivity contribution in [3.63, 3.8) is 0 Å². The van der Waals surface area contributed by atoms with Crippen LogP contribution in [0, 0.1) is 5.92 Å². The highest BCUT2D eigenvalue weighted by Crippen LogP contribution is 2.23. The third-order valence-electron chi connectivity index (χ3n) is 5.05. The van der Waals surface area contributed by atoms with E-state index in [1.807, 2.05) is 35.2 Å². The van der Waals surface area contributed by atoms with Gasteiger partial charge in [0.2, 0.25) is 5.91 Å². The summed E-state index contributed by atoms with van der Waals surface area (Å²) in [6, 6.07) is 9.78. The number of nitrogens with zero attached hydrogens (tertiary/aromatic N) is 1. The van der Waals surface area contributed by atoms with Gasteiger partial charge in [-0.2, -0.15) is 0 Å². The molecule has 1 aliphatic heterocycles. The Morgan fingerprint density at radius 3 is 2.33 bits per heavy atom. The number of benzene rings is 1. The monoisotopic (exact) mass is 330 g/mol. The van der Waals surface area contributed by atoms with Gasteiger partial charge in [0.1, 0.15) is 0 Å². The fourth-order valence-electron chi connectivity index (χ4n) is 3.32. The average molecular weight is 330 g/mol. The Balaban J connectivity index is 1.71. The number of hydrogen-bond acceptors (Lipinski definition) is 2. The molecule has 1 saturated heterocycles. The minimum absolute atomic E-state index is 0.125. The lowest BCUT2D eigenvalue weighted by Gasteiger charge is -2.32. The van der Waals surface area contributed by atoms with Crippen molar-refractivity contribution in [1.29, 1.82) is 0 Å². The summed E-state index contributed by atoms with van der Waals surface area (Å²) in [5.74, 6) is 0.851. The molecule has 0 aromatic heterocycles. The molecule has 1 aromatic rings. The highest BCUT2D eigenvalue weighted by molar-refractivity contribution is 5.94. The molecule has 1 aromatic carbocycles. The molecule has 0 bridgehead atoms. The predicted octanol–water partition coefficient (Wildman–Crippen LogP) is 3.62. The number of amides is 2. The molecule has 0 saturated carbocycles. The lowest BCUT2D eigenvalue weighted by molar-refractivity contribution is -0.122. The third kappa shape index (κ3) is 5.36. The molecule has 2 rings (SSSR count). The summed E-state index contributed by atoms with van der Waals surface area (Å²) in [4.78, 5) is 26.4. The summed E-state index contributed by atoms with van der Waals surface area (Å²) in [7, 11) is 0. The van der Waals surface area contributed by atoms with Crippen LogP contribution in [0.25, 0.3) is 0 Å². The molecule has 2 amide bonds. The van der Waals surface area contributed by atoms with E-state index in [4.69, 9.17) is 0 Å². The molecule has 4 nitrogen and oxygen atoms in total. The minimum Gasteiger partial charge on any atom is -0.353 e. The number of carbonyl (C=O) groups is 2. The summed E-state index contributed by atoms with van der Waals surface area (Å²) >= 11 is 0. The molecule has 0 atom stereocenters. The molecular weight excluding hydrogens is 300 g/mol. The van der Waals surface area contributed by atoms with Gasteiger partial charge in [-0.1, -0.05) is 32.0 Å². The molecule has 0 unspecified atom stereocenters. The van der Waals surface area contributed by atoms with Crippen molar-refractivity contribution in [3.05, 3.63) is 35.9 Å². The average Bonchev–Trinajstić information content (AvgIpc) is 2.65. The fourth-order valence-corrected chi connectivity index (χ4v) is 3.32. The lowest BCUT2D eigenvalue weighted by Crippen LogP contribution is -2.39. The predicted molar refractivity (Wildman–Crippen MR) is 96.8 cm³/mol. The zero-order valence-corrected chi connectivity index (χ0v) is 15.0. The molecule has 132 valence electrons. The van der Waals surface area contributed by atoms with Crippen LogP contribution >= 0.6 is 0 Å². The number of rotatable bonds is 7. The third-order valence-corrected chi connectivity index (χ3v) is 5.05. The van der Waals surface area contributed by atoms with Gasteiger partial charge in [-0.05, 0) is 50.2 Å². The van der Waals surface area contributed by atoms with E-state index in [2.05, 4.69) is 19.2 Å². The molecule has 24 heavy (non-hydrogen) atoms. The highest BCUT2D eigenvalue weighted by Gasteiger charge is 2.24. The van der Waals surface area contributed by atoms with Crippen LogP contribution in [0.3, 0.4) is 0 Å². The molecule has 4 heteroatoms. The first kappa shape index (κ1) is 18.5. The van der Waals surface area contributed by atoms with Gasteiger partial charge < -0.3 is 10.2 Å². The second-order valence-electron chi connectivity index (χ2n) is 6.72. The largest absolute Gasteiger partial charge is 0.353 e. The van der Waals surface area contributed by atoms with Crippen LogP contribution < -0.4 is 5.32 Å². The minimum atomic E-state index is 0.125. The Kier molecular flexibility index (Phi) is 7.29. The lowest BCUT2D eigenvalue weighted by atomic mass is 9.91. The van der Waals surface area contributed by atoms with E-state index in [-0.39, 0.29) is 11.8 Å². The van der Waals surface area contributed by atoms with Crippen LogP contribution in [0.15, 0.2) is 30.3 Å². The van der Waals surface area contributed by atoms with Crippen LogP contribution in [-0.4, -0.2) is 35.8 Å². The standard InChI is InChI=1S/C20H30N2O2/c1-3-18(4-2)21-19(23)11-10-16-12-14-22(15-13-16)20(24)17-8-6-5-7-9-17/h5-9,16,18H,3-4,10-15H2,1-2H3,(H,21,23). The van der Waals surface area contributed by atoms with Gasteiger partial charge in [0, 0.05) is 31.1 Å². The van der Waals surface area contributed by atoms with E-state index in [0.717, 1.165) is 50.8 Å². The molecule has 1 heterocycles. The fraction of sp³-hybridized carbons (Fsp3) is 0.600. The van der Waals surface area contributed by atoms with Crippen molar-refractivity contribution in [2.75, 3.05) is 13.1 Å². The second-order valence-corrected chi connectivity index (χ2v) is 6.72. The normalized spacial score (nSPS) is 15.5. The van der Waals surface area contributed by atoms with Crippen molar-refractivity contribution >= 4 is 11.8 Å². The van der Waals surface area contributed by atoms with Crippen LogP contribution in [0.1, 0.15) is 62.7 Å². The Bertz CT molecular complexity index is 518. The van der Waals surface area contributed by atoms with E-state index in [1.54, 1.807) is 0 Å². The molecule has 0 spiro atoms. The van der Waals surface area contributed by atoms with Crippen LogP contribution in [0.5, 0.6) is 0 Å². The molecule has 1 N–H and O–H groups in total. The summed E-state index contributed by atoms with van der Waals surface area (Å²) in [6.45, 7) is 5.81. The van der Waals surface area contributed by atoms with Gasteiger partial charge in [-0.3, -0.25) is 9.59 Å². The first-order chi connectivity index (χ1) is 11.6. The first-order valence-electron chi connectivity index (χ1n) is 9.27. The first-order valence-corrected chi connectivity index (χ1v) is 9.27. The van der Waals surface area contributed by atoms with E-state index < -0.39 is 0 Å².